The van der Waals surface area contributed by atoms with E-state index in [9.17, 15) is 9.59 Å². The van der Waals surface area contributed by atoms with Crippen LogP contribution in [0.5, 0.6) is 0 Å². The van der Waals surface area contributed by atoms with Gasteiger partial charge >= 0.3 is 0 Å². The van der Waals surface area contributed by atoms with Crippen molar-refractivity contribution >= 4 is 34.8 Å². The van der Waals surface area contributed by atoms with E-state index in [0.29, 0.717) is 29.2 Å². The van der Waals surface area contributed by atoms with Crippen molar-refractivity contribution in [1.82, 2.24) is 0 Å². The highest BCUT2D eigenvalue weighted by Crippen LogP contribution is 2.30. The van der Waals surface area contributed by atoms with Crippen LogP contribution in [0, 0.1) is 0 Å². The first-order valence-electron chi connectivity index (χ1n) is 5.50. The predicted molar refractivity (Wildman–Crippen MR) is 66.8 cm³/mol. The molecule has 1 aliphatic heterocycles. The van der Waals surface area contributed by atoms with Crippen LogP contribution in [-0.4, -0.2) is 11.8 Å². The van der Waals surface area contributed by atoms with E-state index >= 15 is 0 Å². The van der Waals surface area contributed by atoms with E-state index in [0.717, 1.165) is 12.8 Å². The number of benzene rings is 1. The summed E-state index contributed by atoms with van der Waals surface area (Å²) in [6.07, 6.45) is 2.25. The molecule has 0 aromatic heterocycles. The molecule has 2 rings (SSSR count). The summed E-state index contributed by atoms with van der Waals surface area (Å²) in [5.41, 5.74) is 6.52. The molecular formula is C12H13ClN2O2. The summed E-state index contributed by atoms with van der Waals surface area (Å²) < 4.78 is 0. The number of anilines is 2. The van der Waals surface area contributed by atoms with Crippen molar-refractivity contribution in [2.75, 3.05) is 10.6 Å². The first kappa shape index (κ1) is 11.9. The quantitative estimate of drug-likeness (QED) is 0.616. The van der Waals surface area contributed by atoms with E-state index < -0.39 is 0 Å². The number of nitrogen functional groups attached to an aromatic ring is 1. The van der Waals surface area contributed by atoms with Crippen molar-refractivity contribution in [3.63, 3.8) is 0 Å². The molecule has 1 saturated heterocycles. The minimum Gasteiger partial charge on any atom is -0.399 e. The lowest BCUT2D eigenvalue weighted by Gasteiger charge is -2.20. The molecule has 0 bridgehead atoms. The van der Waals surface area contributed by atoms with Crippen molar-refractivity contribution in [3.05, 3.63) is 23.2 Å². The van der Waals surface area contributed by atoms with Crippen LogP contribution in [0.2, 0.25) is 5.02 Å². The minimum absolute atomic E-state index is 0.195. The van der Waals surface area contributed by atoms with Crippen molar-refractivity contribution in [2.45, 2.75) is 25.7 Å². The topological polar surface area (TPSA) is 63.4 Å². The zero-order valence-corrected chi connectivity index (χ0v) is 10.0. The Morgan fingerprint density at radius 3 is 2.24 bits per heavy atom. The fourth-order valence-electron chi connectivity index (χ4n) is 1.89. The Kier molecular flexibility index (Phi) is 3.33. The van der Waals surface area contributed by atoms with Gasteiger partial charge in [0.2, 0.25) is 11.8 Å². The van der Waals surface area contributed by atoms with E-state index in [-0.39, 0.29) is 11.8 Å². The number of hydrogen-bond donors (Lipinski definition) is 1. The molecule has 2 amide bonds. The molecule has 1 aromatic rings. The van der Waals surface area contributed by atoms with Crippen molar-refractivity contribution in [3.8, 4) is 0 Å². The summed E-state index contributed by atoms with van der Waals surface area (Å²) in [7, 11) is 0. The van der Waals surface area contributed by atoms with Crippen LogP contribution in [0.1, 0.15) is 25.7 Å². The van der Waals surface area contributed by atoms with Gasteiger partial charge in [-0.3, -0.25) is 9.59 Å². The van der Waals surface area contributed by atoms with Gasteiger partial charge in [0.05, 0.1) is 10.7 Å². The average molecular weight is 253 g/mol. The molecule has 1 fully saturated rings. The van der Waals surface area contributed by atoms with Gasteiger partial charge in [0, 0.05) is 18.5 Å². The summed E-state index contributed by atoms with van der Waals surface area (Å²) in [6.45, 7) is 0. The van der Waals surface area contributed by atoms with Gasteiger partial charge in [-0.05, 0) is 31.0 Å². The van der Waals surface area contributed by atoms with Crippen LogP contribution in [0.25, 0.3) is 0 Å². The molecule has 90 valence electrons. The van der Waals surface area contributed by atoms with Crippen LogP contribution < -0.4 is 10.6 Å². The summed E-state index contributed by atoms with van der Waals surface area (Å²) >= 11 is 6.02. The van der Waals surface area contributed by atoms with Gasteiger partial charge in [0.25, 0.3) is 0 Å². The van der Waals surface area contributed by atoms with Gasteiger partial charge in [-0.15, -0.1) is 0 Å². The SMILES string of the molecule is Nc1ccc(N2C(=O)CCCCC2=O)c(Cl)c1. The number of nitrogens with two attached hydrogens (primary N) is 1. The fourth-order valence-corrected chi connectivity index (χ4v) is 2.16. The van der Waals surface area contributed by atoms with E-state index in [4.69, 9.17) is 17.3 Å². The maximum Gasteiger partial charge on any atom is 0.233 e. The Morgan fingerprint density at radius 1 is 1.12 bits per heavy atom. The minimum atomic E-state index is -0.195. The van der Waals surface area contributed by atoms with Crippen LogP contribution in [0.3, 0.4) is 0 Å². The number of rotatable bonds is 1. The molecule has 2 N–H and O–H groups in total. The zero-order valence-electron chi connectivity index (χ0n) is 9.28. The number of hydrogen-bond acceptors (Lipinski definition) is 3. The summed E-state index contributed by atoms with van der Waals surface area (Å²) in [5.74, 6) is -0.390. The second-order valence-corrected chi connectivity index (χ2v) is 4.45. The molecular weight excluding hydrogens is 240 g/mol. The van der Waals surface area contributed by atoms with E-state index in [2.05, 4.69) is 0 Å². The number of carbonyl (C=O) groups is 2. The zero-order chi connectivity index (χ0) is 12.4. The molecule has 0 unspecified atom stereocenters. The molecule has 1 aliphatic rings. The number of nitrogens with zero attached hydrogens (tertiary/aromatic N) is 1. The van der Waals surface area contributed by atoms with Gasteiger partial charge in [-0.25, -0.2) is 4.90 Å². The van der Waals surface area contributed by atoms with Gasteiger partial charge in [-0.2, -0.15) is 0 Å². The third-order valence-electron chi connectivity index (χ3n) is 2.74. The highest BCUT2D eigenvalue weighted by atomic mass is 35.5. The molecule has 0 atom stereocenters. The maximum absolute atomic E-state index is 11.9. The molecule has 1 aromatic carbocycles. The Balaban J connectivity index is 2.41. The van der Waals surface area contributed by atoms with E-state index in [1.807, 2.05) is 0 Å². The highest BCUT2D eigenvalue weighted by Gasteiger charge is 2.27. The molecule has 0 saturated carbocycles. The molecule has 4 nitrogen and oxygen atoms in total. The number of halogens is 1. The van der Waals surface area contributed by atoms with E-state index in [1.165, 1.54) is 4.90 Å². The van der Waals surface area contributed by atoms with Gasteiger partial charge in [0.15, 0.2) is 0 Å². The number of amides is 2. The standard InChI is InChI=1S/C12H13ClN2O2/c13-9-7-8(14)5-6-10(9)15-11(16)3-1-2-4-12(15)17/h5-7H,1-4,14H2. The third kappa shape index (κ3) is 2.42. The normalized spacial score (nSPS) is 17.1. The van der Waals surface area contributed by atoms with Crippen molar-refractivity contribution in [2.24, 2.45) is 0 Å². The lowest BCUT2D eigenvalue weighted by molar-refractivity contribution is -0.125. The van der Waals surface area contributed by atoms with Crippen molar-refractivity contribution in [1.29, 1.82) is 0 Å². The first-order valence-corrected chi connectivity index (χ1v) is 5.88. The molecule has 17 heavy (non-hydrogen) atoms. The molecule has 0 radical (unpaired) electrons. The summed E-state index contributed by atoms with van der Waals surface area (Å²) in [4.78, 5) is 24.9. The van der Waals surface area contributed by atoms with Crippen LogP contribution >= 0.6 is 11.6 Å². The Hall–Kier alpha value is -1.55. The number of imide groups is 1. The Labute approximate surface area is 104 Å². The lowest BCUT2D eigenvalue weighted by Crippen LogP contribution is -2.35. The molecule has 0 spiro atoms. The smallest absolute Gasteiger partial charge is 0.233 e. The van der Waals surface area contributed by atoms with Gasteiger partial charge in [-0.1, -0.05) is 11.6 Å². The predicted octanol–water partition coefficient (Wildman–Crippen LogP) is 2.36. The van der Waals surface area contributed by atoms with E-state index in [1.54, 1.807) is 18.2 Å². The Morgan fingerprint density at radius 2 is 1.71 bits per heavy atom. The van der Waals surface area contributed by atoms with Gasteiger partial charge in [0.1, 0.15) is 0 Å². The molecule has 5 heteroatoms. The summed E-state index contributed by atoms with van der Waals surface area (Å²) in [6, 6.07) is 4.79. The number of carbonyl (C=O) groups excluding carboxylic acids is 2. The van der Waals surface area contributed by atoms with Gasteiger partial charge < -0.3 is 5.73 Å². The fraction of sp³-hybridized carbons (Fsp3) is 0.333. The van der Waals surface area contributed by atoms with Crippen LogP contribution in [-0.2, 0) is 9.59 Å². The largest absolute Gasteiger partial charge is 0.399 e. The first-order chi connectivity index (χ1) is 8.09. The monoisotopic (exact) mass is 252 g/mol. The highest BCUT2D eigenvalue weighted by molar-refractivity contribution is 6.35. The van der Waals surface area contributed by atoms with Crippen LogP contribution in [0.4, 0.5) is 11.4 Å². The second kappa shape index (κ2) is 4.75. The molecule has 1 heterocycles. The average Bonchev–Trinajstić information content (AvgIpc) is 2.42. The Bertz CT molecular complexity index is 456. The summed E-state index contributed by atoms with van der Waals surface area (Å²) in [5, 5.41) is 0.327. The second-order valence-electron chi connectivity index (χ2n) is 4.04. The van der Waals surface area contributed by atoms with Crippen LogP contribution in [0.15, 0.2) is 18.2 Å². The third-order valence-corrected chi connectivity index (χ3v) is 3.05. The maximum atomic E-state index is 11.9. The molecule has 0 aliphatic carbocycles. The van der Waals surface area contributed by atoms with Crippen molar-refractivity contribution < 1.29 is 9.59 Å². The lowest BCUT2D eigenvalue weighted by atomic mass is 10.2.